The number of carboxylic acid groups (broad SMARTS) is 1. The van der Waals surface area contributed by atoms with Crippen LogP contribution in [0.5, 0.6) is 5.75 Å². The summed E-state index contributed by atoms with van der Waals surface area (Å²) in [5, 5.41) is 22.4. The van der Waals surface area contributed by atoms with Gasteiger partial charge in [-0.05, 0) is 48.7 Å². The van der Waals surface area contributed by atoms with E-state index in [4.69, 9.17) is 4.74 Å². The van der Waals surface area contributed by atoms with Crippen LogP contribution in [0.4, 0.5) is 0 Å². The molecule has 1 fully saturated rings. The molecule has 0 aliphatic carbocycles. The number of nitrogens with zero attached hydrogens (tertiary/aromatic N) is 2. The van der Waals surface area contributed by atoms with Gasteiger partial charge in [0.2, 0.25) is 0 Å². The molecule has 184 valence electrons. The van der Waals surface area contributed by atoms with Gasteiger partial charge in [-0.15, -0.1) is 0 Å². The number of rotatable bonds is 6. The minimum atomic E-state index is -1.07. The van der Waals surface area contributed by atoms with Gasteiger partial charge in [-0.2, -0.15) is 0 Å². The smallest absolute Gasteiger partial charge is 0.338 e. The third kappa shape index (κ3) is 4.27. The fourth-order valence-corrected chi connectivity index (χ4v) is 5.13. The third-order valence-electron chi connectivity index (χ3n) is 7.08. The van der Waals surface area contributed by atoms with Crippen molar-refractivity contribution in [3.05, 3.63) is 106 Å². The number of hydrogen-bond donors (Lipinski definition) is 2. The first-order valence-corrected chi connectivity index (χ1v) is 12.0. The molecule has 0 amide bonds. The molecule has 4 aromatic rings. The van der Waals surface area contributed by atoms with Crippen LogP contribution in [0.25, 0.3) is 16.5 Å². The van der Waals surface area contributed by atoms with Gasteiger partial charge in [-0.3, -0.25) is 14.3 Å². The van der Waals surface area contributed by atoms with E-state index in [0.29, 0.717) is 53.8 Å². The van der Waals surface area contributed by atoms with E-state index in [9.17, 15) is 19.8 Å². The second-order valence-corrected chi connectivity index (χ2v) is 9.19. The highest BCUT2D eigenvalue weighted by Gasteiger charge is 2.35. The molecule has 7 heteroatoms. The van der Waals surface area contributed by atoms with Crippen molar-refractivity contribution in [3.63, 3.8) is 0 Å². The molecule has 5 rings (SSSR count). The van der Waals surface area contributed by atoms with Crippen LogP contribution in [0.15, 0.2) is 83.7 Å². The second-order valence-electron chi connectivity index (χ2n) is 9.19. The van der Waals surface area contributed by atoms with Gasteiger partial charge in [0, 0.05) is 36.1 Å². The number of hydrogen-bond acceptors (Lipinski definition) is 5. The molecular weight excluding hydrogens is 456 g/mol. The van der Waals surface area contributed by atoms with Crippen molar-refractivity contribution in [1.29, 1.82) is 0 Å². The number of carbonyl (C=O) groups is 1. The Hall–Kier alpha value is -3.94. The lowest BCUT2D eigenvalue weighted by Gasteiger charge is -2.39. The van der Waals surface area contributed by atoms with Crippen molar-refractivity contribution in [1.82, 2.24) is 9.47 Å². The van der Waals surface area contributed by atoms with Crippen LogP contribution in [0.2, 0.25) is 0 Å². The highest BCUT2D eigenvalue weighted by molar-refractivity contribution is 6.04. The summed E-state index contributed by atoms with van der Waals surface area (Å²) in [4.78, 5) is 28.3. The van der Waals surface area contributed by atoms with Gasteiger partial charge in [-0.25, -0.2) is 4.79 Å². The summed E-state index contributed by atoms with van der Waals surface area (Å²) in [5.41, 5.74) is 0.743. The fourth-order valence-electron chi connectivity index (χ4n) is 5.13. The molecular formula is C29H28N2O5. The van der Waals surface area contributed by atoms with Crippen LogP contribution < -0.4 is 10.3 Å². The summed E-state index contributed by atoms with van der Waals surface area (Å²) in [7, 11) is 1.60. The van der Waals surface area contributed by atoms with Crippen LogP contribution in [0, 0.1) is 0 Å². The van der Waals surface area contributed by atoms with Crippen LogP contribution in [0.1, 0.15) is 34.5 Å². The maximum atomic E-state index is 13.6. The second kappa shape index (κ2) is 9.60. The lowest BCUT2D eigenvalue weighted by Crippen LogP contribution is -2.43. The van der Waals surface area contributed by atoms with Gasteiger partial charge in [0.05, 0.1) is 24.0 Å². The van der Waals surface area contributed by atoms with Gasteiger partial charge in [0.15, 0.2) is 0 Å². The molecule has 1 aromatic heterocycles. The molecule has 0 radical (unpaired) electrons. The first-order chi connectivity index (χ1) is 17.4. The largest absolute Gasteiger partial charge is 0.497 e. The Balaban J connectivity index is 1.54. The average Bonchev–Trinajstić information content (AvgIpc) is 2.90. The number of aromatic carboxylic acids is 1. The monoisotopic (exact) mass is 484 g/mol. The Bertz CT molecular complexity index is 1470. The van der Waals surface area contributed by atoms with Crippen molar-refractivity contribution < 1.29 is 19.7 Å². The van der Waals surface area contributed by atoms with Gasteiger partial charge in [-0.1, -0.05) is 48.5 Å². The quantitative estimate of drug-likeness (QED) is 0.427. The number of likely N-dealkylation sites (tertiary alicyclic amines) is 1. The molecule has 0 spiro atoms. The van der Waals surface area contributed by atoms with Gasteiger partial charge in [0.25, 0.3) is 5.56 Å². The normalized spacial score (nSPS) is 15.6. The molecule has 1 aliphatic rings. The first-order valence-electron chi connectivity index (χ1n) is 12.0. The highest BCUT2D eigenvalue weighted by atomic mass is 16.5. The highest BCUT2D eigenvalue weighted by Crippen LogP contribution is 2.35. The van der Waals surface area contributed by atoms with E-state index in [1.165, 1.54) is 4.57 Å². The Morgan fingerprint density at radius 2 is 1.61 bits per heavy atom. The number of para-hydroxylation sites is 1. The summed E-state index contributed by atoms with van der Waals surface area (Å²) in [6, 6.07) is 23.5. The summed E-state index contributed by atoms with van der Waals surface area (Å²) < 4.78 is 6.84. The van der Waals surface area contributed by atoms with Crippen LogP contribution in [0.3, 0.4) is 0 Å². The maximum absolute atomic E-state index is 13.6. The predicted molar refractivity (Wildman–Crippen MR) is 138 cm³/mol. The molecule has 2 heterocycles. The third-order valence-corrected chi connectivity index (χ3v) is 7.08. The molecule has 3 aromatic carbocycles. The van der Waals surface area contributed by atoms with E-state index in [-0.39, 0.29) is 17.7 Å². The van der Waals surface area contributed by atoms with Crippen molar-refractivity contribution in [2.45, 2.75) is 25.0 Å². The van der Waals surface area contributed by atoms with Crippen molar-refractivity contribution >= 4 is 16.7 Å². The number of fused-ring (bicyclic) bond motifs is 1. The predicted octanol–water partition coefficient (Wildman–Crippen LogP) is 4.18. The number of aliphatic hydroxyl groups is 1. The SMILES string of the molecule is COc1cccc(C2(O)CCN(Cc3c(C(=O)O)c4ccccc4c(=O)n3-c3ccccc3)CC2)c1. The van der Waals surface area contributed by atoms with Gasteiger partial charge >= 0.3 is 5.97 Å². The van der Waals surface area contributed by atoms with Crippen molar-refractivity contribution in [2.75, 3.05) is 20.2 Å². The minimum absolute atomic E-state index is 0.127. The Labute approximate surface area is 208 Å². The number of pyridine rings is 1. The zero-order valence-electron chi connectivity index (χ0n) is 20.1. The van der Waals surface area contributed by atoms with E-state index in [1.54, 1.807) is 31.4 Å². The molecule has 0 bridgehead atoms. The number of ether oxygens (including phenoxy) is 1. The Morgan fingerprint density at radius 3 is 2.28 bits per heavy atom. The van der Waals surface area contributed by atoms with Crippen LogP contribution in [-0.2, 0) is 12.1 Å². The van der Waals surface area contributed by atoms with E-state index in [2.05, 4.69) is 4.90 Å². The van der Waals surface area contributed by atoms with E-state index in [1.807, 2.05) is 54.6 Å². The van der Waals surface area contributed by atoms with E-state index in [0.717, 1.165) is 5.56 Å². The minimum Gasteiger partial charge on any atom is -0.497 e. The molecule has 0 unspecified atom stereocenters. The number of benzene rings is 3. The number of methoxy groups -OCH3 is 1. The van der Waals surface area contributed by atoms with Crippen LogP contribution in [-0.4, -0.2) is 45.8 Å². The molecule has 2 N–H and O–H groups in total. The topological polar surface area (TPSA) is 92.0 Å². The molecule has 0 atom stereocenters. The van der Waals surface area contributed by atoms with Crippen molar-refractivity contribution in [2.24, 2.45) is 0 Å². The number of piperidine rings is 1. The molecule has 1 aliphatic heterocycles. The number of carboxylic acids is 1. The van der Waals surface area contributed by atoms with Crippen molar-refractivity contribution in [3.8, 4) is 11.4 Å². The van der Waals surface area contributed by atoms with E-state index >= 15 is 0 Å². The van der Waals surface area contributed by atoms with Gasteiger partial charge < -0.3 is 14.9 Å². The zero-order chi connectivity index (χ0) is 25.3. The molecule has 7 nitrogen and oxygen atoms in total. The number of aromatic nitrogens is 1. The Morgan fingerprint density at radius 1 is 0.944 bits per heavy atom. The summed E-state index contributed by atoms with van der Waals surface area (Å²) in [6.45, 7) is 1.36. The summed E-state index contributed by atoms with van der Waals surface area (Å²) in [6.07, 6.45) is 0.956. The van der Waals surface area contributed by atoms with E-state index < -0.39 is 11.6 Å². The molecule has 0 saturated carbocycles. The van der Waals surface area contributed by atoms with Crippen LogP contribution >= 0.6 is 0 Å². The zero-order valence-corrected chi connectivity index (χ0v) is 20.1. The average molecular weight is 485 g/mol. The lowest BCUT2D eigenvalue weighted by molar-refractivity contribution is -0.0283. The first kappa shape index (κ1) is 23.8. The molecule has 1 saturated heterocycles. The lowest BCUT2D eigenvalue weighted by atomic mass is 9.84. The summed E-state index contributed by atoms with van der Waals surface area (Å²) >= 11 is 0. The maximum Gasteiger partial charge on any atom is 0.338 e. The van der Waals surface area contributed by atoms with Gasteiger partial charge in [0.1, 0.15) is 5.75 Å². The molecule has 36 heavy (non-hydrogen) atoms. The standard InChI is InChI=1S/C29H28N2O5/c1-36-22-11-7-8-20(18-22)29(35)14-16-30(17-15-29)19-25-26(28(33)34)23-12-5-6-13-24(23)27(32)31(25)21-9-3-2-4-10-21/h2-13,18,35H,14-17,19H2,1H3,(H,33,34). The Kier molecular flexibility index (Phi) is 6.35. The fraction of sp³-hybridized carbons (Fsp3) is 0.241. The summed E-state index contributed by atoms with van der Waals surface area (Å²) in [5.74, 6) is -0.381.